The number of esters is 2. The van der Waals surface area contributed by atoms with Crippen LogP contribution in [0.5, 0.6) is 0 Å². The first kappa shape index (κ1) is 33.7. The summed E-state index contributed by atoms with van der Waals surface area (Å²) < 4.78 is 9.50. The van der Waals surface area contributed by atoms with E-state index in [1.807, 2.05) is 0 Å². The number of Topliss-reactive ketones (excluding diaryl/α,β-unsaturated/α-hetero) is 1. The minimum absolute atomic E-state index is 0.312. The number of carboxylic acids is 1. The SMILES string of the molecule is CCCCCCCC(=O)CCCCCC/C=C/[C@H](O)[C@@](O)(CC(=O)O)C(=O)OCOC(=O)C(C)(C)C. The monoisotopic (exact) mass is 514 g/mol. The van der Waals surface area contributed by atoms with E-state index in [1.165, 1.54) is 19.3 Å². The highest BCUT2D eigenvalue weighted by Gasteiger charge is 2.46. The number of allylic oxidation sites excluding steroid dienone is 1. The van der Waals surface area contributed by atoms with Gasteiger partial charge in [0.25, 0.3) is 0 Å². The minimum Gasteiger partial charge on any atom is -0.481 e. The Morgan fingerprint density at radius 1 is 0.833 bits per heavy atom. The van der Waals surface area contributed by atoms with Gasteiger partial charge in [0.15, 0.2) is 0 Å². The molecule has 0 fully saturated rings. The van der Waals surface area contributed by atoms with Gasteiger partial charge in [0, 0.05) is 12.8 Å². The Balaban J connectivity index is 4.39. The third kappa shape index (κ3) is 15.0. The zero-order valence-electron chi connectivity index (χ0n) is 22.4. The number of unbranched alkanes of at least 4 members (excludes halogenated alkanes) is 8. The molecule has 0 aromatic heterocycles. The van der Waals surface area contributed by atoms with Gasteiger partial charge in [-0.15, -0.1) is 0 Å². The van der Waals surface area contributed by atoms with Crippen molar-refractivity contribution < 1.29 is 44.0 Å². The molecule has 9 nitrogen and oxygen atoms in total. The number of rotatable bonds is 20. The molecule has 9 heteroatoms. The second-order valence-electron chi connectivity index (χ2n) is 10.3. The molecule has 0 unspecified atom stereocenters. The summed E-state index contributed by atoms with van der Waals surface area (Å²) in [7, 11) is 0. The van der Waals surface area contributed by atoms with Gasteiger partial charge in [0.05, 0.1) is 11.8 Å². The number of carboxylic acid groups (broad SMARTS) is 1. The Bertz CT molecular complexity index is 709. The molecule has 0 radical (unpaired) electrons. The van der Waals surface area contributed by atoms with E-state index in [-0.39, 0.29) is 0 Å². The summed E-state index contributed by atoms with van der Waals surface area (Å²) in [6.45, 7) is 6.15. The quantitative estimate of drug-likeness (QED) is 0.0926. The maximum Gasteiger partial charge on any atom is 0.344 e. The van der Waals surface area contributed by atoms with E-state index in [2.05, 4.69) is 6.92 Å². The number of aliphatic hydroxyl groups is 2. The van der Waals surface area contributed by atoms with Gasteiger partial charge in [0.2, 0.25) is 12.4 Å². The maximum atomic E-state index is 12.3. The molecule has 208 valence electrons. The normalized spacial score (nSPS) is 14.3. The second-order valence-corrected chi connectivity index (χ2v) is 10.3. The highest BCUT2D eigenvalue weighted by atomic mass is 16.7. The van der Waals surface area contributed by atoms with Crippen LogP contribution in [0.2, 0.25) is 0 Å². The van der Waals surface area contributed by atoms with Crippen LogP contribution in [0.1, 0.15) is 111 Å². The zero-order chi connectivity index (χ0) is 27.6. The zero-order valence-corrected chi connectivity index (χ0v) is 22.4. The fourth-order valence-electron chi connectivity index (χ4n) is 3.38. The lowest BCUT2D eigenvalue weighted by Gasteiger charge is -2.27. The lowest BCUT2D eigenvalue weighted by atomic mass is 9.92. The average Bonchev–Trinajstić information content (AvgIpc) is 2.79. The summed E-state index contributed by atoms with van der Waals surface area (Å²) in [4.78, 5) is 47.1. The van der Waals surface area contributed by atoms with E-state index in [1.54, 1.807) is 26.8 Å². The van der Waals surface area contributed by atoms with Crippen LogP contribution in [0.4, 0.5) is 0 Å². The topological polar surface area (TPSA) is 147 Å². The van der Waals surface area contributed by atoms with Gasteiger partial charge >= 0.3 is 17.9 Å². The third-order valence-corrected chi connectivity index (χ3v) is 5.71. The highest BCUT2D eigenvalue weighted by molar-refractivity contribution is 5.86. The number of carbonyl (C=O) groups is 4. The van der Waals surface area contributed by atoms with Gasteiger partial charge in [-0.2, -0.15) is 0 Å². The first-order chi connectivity index (χ1) is 16.8. The van der Waals surface area contributed by atoms with Gasteiger partial charge in [-0.3, -0.25) is 14.4 Å². The molecule has 0 aliphatic heterocycles. The van der Waals surface area contributed by atoms with Gasteiger partial charge in [-0.25, -0.2) is 4.79 Å². The third-order valence-electron chi connectivity index (χ3n) is 5.71. The predicted molar refractivity (Wildman–Crippen MR) is 135 cm³/mol. The average molecular weight is 515 g/mol. The Labute approximate surface area is 215 Å². The fraction of sp³-hybridized carbons (Fsp3) is 0.778. The van der Waals surface area contributed by atoms with Gasteiger partial charge in [-0.1, -0.05) is 57.6 Å². The molecule has 0 amide bonds. The van der Waals surface area contributed by atoms with Crippen molar-refractivity contribution in [2.45, 2.75) is 123 Å². The summed E-state index contributed by atoms with van der Waals surface area (Å²) in [5.41, 5.74) is -3.57. The number of aliphatic carboxylic acids is 1. The molecule has 0 aromatic carbocycles. The number of hydrogen-bond donors (Lipinski definition) is 3. The van der Waals surface area contributed by atoms with Crippen LogP contribution in [0.3, 0.4) is 0 Å². The number of ketones is 1. The number of hydrogen-bond acceptors (Lipinski definition) is 8. The summed E-state index contributed by atoms with van der Waals surface area (Å²) in [6.07, 6.45) is 10.7. The summed E-state index contributed by atoms with van der Waals surface area (Å²) in [5.74, 6) is -3.25. The second kappa shape index (κ2) is 18.1. The Morgan fingerprint density at radius 2 is 1.36 bits per heavy atom. The van der Waals surface area contributed by atoms with E-state index in [0.29, 0.717) is 25.0 Å². The van der Waals surface area contributed by atoms with Crippen LogP contribution in [-0.2, 0) is 28.7 Å². The molecule has 0 saturated carbocycles. The molecule has 0 aromatic rings. The van der Waals surface area contributed by atoms with Crippen molar-refractivity contribution in [3.63, 3.8) is 0 Å². The Kier molecular flexibility index (Phi) is 16.9. The molecule has 36 heavy (non-hydrogen) atoms. The molecule has 0 rings (SSSR count). The van der Waals surface area contributed by atoms with E-state index in [0.717, 1.165) is 44.6 Å². The molecular weight excluding hydrogens is 468 g/mol. The van der Waals surface area contributed by atoms with Crippen LogP contribution in [-0.4, -0.2) is 57.5 Å². The van der Waals surface area contributed by atoms with E-state index in [4.69, 9.17) is 14.6 Å². The lowest BCUT2D eigenvalue weighted by Crippen LogP contribution is -2.51. The molecule has 3 N–H and O–H groups in total. The standard InChI is InChI=1S/C27H46O9/c1-5-6-7-10-13-16-21(28)17-14-11-8-9-12-15-18-22(29)27(34,19-23(30)31)25(33)36-20-35-24(32)26(2,3)4/h15,18,22,29,34H,5-14,16-17,19-20H2,1-4H3,(H,30,31)/b18-15+/t22-,27-/m0/s1. The smallest absolute Gasteiger partial charge is 0.344 e. The molecule has 0 saturated heterocycles. The van der Waals surface area contributed by atoms with Crippen LogP contribution in [0, 0.1) is 5.41 Å². The summed E-state index contributed by atoms with van der Waals surface area (Å²) >= 11 is 0. The summed E-state index contributed by atoms with van der Waals surface area (Å²) in [5, 5.41) is 29.9. The molecule has 0 spiro atoms. The van der Waals surface area contributed by atoms with E-state index >= 15 is 0 Å². The largest absolute Gasteiger partial charge is 0.481 e. The Hall–Kier alpha value is -2.26. The number of aliphatic hydroxyl groups excluding tert-OH is 1. The molecule has 0 bridgehead atoms. The van der Waals surface area contributed by atoms with Crippen molar-refractivity contribution in [2.24, 2.45) is 5.41 Å². The van der Waals surface area contributed by atoms with Gasteiger partial charge in [0.1, 0.15) is 11.9 Å². The predicted octanol–water partition coefficient (Wildman–Crippen LogP) is 4.47. The van der Waals surface area contributed by atoms with Crippen molar-refractivity contribution in [2.75, 3.05) is 6.79 Å². The number of ether oxygens (including phenoxy) is 2. The number of carbonyl (C=O) groups excluding carboxylic acids is 3. The van der Waals surface area contributed by atoms with Crippen molar-refractivity contribution >= 4 is 23.7 Å². The van der Waals surface area contributed by atoms with Gasteiger partial charge in [-0.05, 0) is 46.5 Å². The van der Waals surface area contributed by atoms with Crippen LogP contribution >= 0.6 is 0 Å². The molecule has 0 heterocycles. The van der Waals surface area contributed by atoms with Crippen molar-refractivity contribution in [1.82, 2.24) is 0 Å². The van der Waals surface area contributed by atoms with E-state index in [9.17, 15) is 29.4 Å². The van der Waals surface area contributed by atoms with Crippen molar-refractivity contribution in [1.29, 1.82) is 0 Å². The lowest BCUT2D eigenvalue weighted by molar-refractivity contribution is -0.194. The van der Waals surface area contributed by atoms with Crippen LogP contribution < -0.4 is 0 Å². The molecule has 0 aliphatic rings. The Morgan fingerprint density at radius 3 is 1.89 bits per heavy atom. The van der Waals surface area contributed by atoms with Crippen molar-refractivity contribution in [3.05, 3.63) is 12.2 Å². The first-order valence-corrected chi connectivity index (χ1v) is 13.0. The summed E-state index contributed by atoms with van der Waals surface area (Å²) in [6, 6.07) is 0. The first-order valence-electron chi connectivity index (χ1n) is 13.0. The van der Waals surface area contributed by atoms with Crippen LogP contribution in [0.15, 0.2) is 12.2 Å². The molecule has 2 atom stereocenters. The van der Waals surface area contributed by atoms with E-state index < -0.39 is 48.2 Å². The molecular formula is C27H46O9. The van der Waals surface area contributed by atoms with Gasteiger partial charge < -0.3 is 24.8 Å². The maximum absolute atomic E-state index is 12.3. The van der Waals surface area contributed by atoms with Crippen LogP contribution in [0.25, 0.3) is 0 Å². The van der Waals surface area contributed by atoms with Crippen molar-refractivity contribution in [3.8, 4) is 0 Å². The fourth-order valence-corrected chi connectivity index (χ4v) is 3.38. The highest BCUT2D eigenvalue weighted by Crippen LogP contribution is 2.21. The minimum atomic E-state index is -2.73. The molecule has 0 aliphatic carbocycles.